The van der Waals surface area contributed by atoms with Crippen molar-refractivity contribution in [3.8, 4) is 0 Å². The molecule has 0 amide bonds. The monoisotopic (exact) mass is 460 g/mol. The third kappa shape index (κ3) is 5.67. The number of aromatic nitrogens is 1. The van der Waals surface area contributed by atoms with E-state index >= 15 is 0 Å². The zero-order valence-corrected chi connectivity index (χ0v) is 18.3. The molecule has 3 aromatic rings. The van der Waals surface area contributed by atoms with Crippen molar-refractivity contribution in [2.75, 3.05) is 5.32 Å². The Kier molecular flexibility index (Phi) is 7.38. The van der Waals surface area contributed by atoms with Crippen molar-refractivity contribution < 1.29 is 15.0 Å². The number of hydrogen-bond acceptors (Lipinski definition) is 4. The Labute approximate surface area is 189 Å². The maximum absolute atomic E-state index is 12.7. The first kappa shape index (κ1) is 22.9. The standard InChI is InChI=1S/C23H22Cl2N2O4/c1-14(28)17-3-2-4-18(11-17)26-13-21-19(24)12-20(25)22(29)27(21)10-9-15-5-7-16(8-6-15)23(30)31/h2-8,11-12,14,26,28H,9-10,13H2,1H3,(H,30,31). The summed E-state index contributed by atoms with van der Waals surface area (Å²) in [5.41, 5.74) is 2.89. The molecule has 1 atom stereocenters. The fourth-order valence-corrected chi connectivity index (χ4v) is 3.75. The first-order valence-corrected chi connectivity index (χ1v) is 10.4. The van der Waals surface area contributed by atoms with E-state index in [1.165, 1.54) is 22.8 Å². The van der Waals surface area contributed by atoms with Crippen molar-refractivity contribution in [2.45, 2.75) is 32.5 Å². The molecule has 2 aromatic carbocycles. The summed E-state index contributed by atoms with van der Waals surface area (Å²) in [5.74, 6) is -0.989. The fourth-order valence-electron chi connectivity index (χ4n) is 3.20. The van der Waals surface area contributed by atoms with Crippen LogP contribution in [0.15, 0.2) is 59.4 Å². The Morgan fingerprint density at radius 2 is 1.81 bits per heavy atom. The number of anilines is 1. The van der Waals surface area contributed by atoms with Gasteiger partial charge in [-0.15, -0.1) is 0 Å². The zero-order valence-electron chi connectivity index (χ0n) is 16.8. The average Bonchev–Trinajstić information content (AvgIpc) is 2.75. The van der Waals surface area contributed by atoms with Crippen LogP contribution in [0.25, 0.3) is 0 Å². The van der Waals surface area contributed by atoms with Crippen molar-refractivity contribution in [2.24, 2.45) is 0 Å². The molecule has 0 fully saturated rings. The Morgan fingerprint density at radius 3 is 2.45 bits per heavy atom. The Hall–Kier alpha value is -2.80. The number of rotatable bonds is 8. The summed E-state index contributed by atoms with van der Waals surface area (Å²) >= 11 is 12.5. The van der Waals surface area contributed by atoms with Crippen molar-refractivity contribution in [1.82, 2.24) is 4.57 Å². The minimum atomic E-state index is -0.989. The number of halogens is 2. The molecule has 3 N–H and O–H groups in total. The molecule has 0 radical (unpaired) electrons. The molecule has 3 rings (SSSR count). The molecule has 0 aliphatic rings. The van der Waals surface area contributed by atoms with E-state index in [1.807, 2.05) is 24.3 Å². The van der Waals surface area contributed by atoms with Crippen molar-refractivity contribution in [3.05, 3.63) is 97.4 Å². The van der Waals surface area contributed by atoms with Crippen LogP contribution in [0, 0.1) is 0 Å². The number of benzene rings is 2. The molecular weight excluding hydrogens is 439 g/mol. The second kappa shape index (κ2) is 10.0. The van der Waals surface area contributed by atoms with Crippen LogP contribution in [0.4, 0.5) is 5.69 Å². The van der Waals surface area contributed by atoms with Gasteiger partial charge in [0.05, 0.1) is 28.9 Å². The number of carbonyl (C=O) groups is 1. The van der Waals surface area contributed by atoms with Gasteiger partial charge in [-0.1, -0.05) is 47.5 Å². The molecule has 6 nitrogen and oxygen atoms in total. The van der Waals surface area contributed by atoms with E-state index in [-0.39, 0.29) is 22.7 Å². The Bertz CT molecular complexity index is 1140. The molecule has 8 heteroatoms. The van der Waals surface area contributed by atoms with Crippen LogP contribution in [0.1, 0.15) is 40.2 Å². The van der Waals surface area contributed by atoms with Crippen molar-refractivity contribution >= 4 is 34.9 Å². The van der Waals surface area contributed by atoms with Gasteiger partial charge in [0.15, 0.2) is 0 Å². The molecule has 162 valence electrons. The lowest BCUT2D eigenvalue weighted by Gasteiger charge is -2.17. The number of pyridine rings is 1. The highest BCUT2D eigenvalue weighted by Gasteiger charge is 2.13. The summed E-state index contributed by atoms with van der Waals surface area (Å²) in [6.45, 7) is 2.30. The van der Waals surface area contributed by atoms with Gasteiger partial charge in [-0.05, 0) is 54.8 Å². The molecule has 0 saturated heterocycles. The maximum atomic E-state index is 12.7. The molecule has 0 bridgehead atoms. The minimum absolute atomic E-state index is 0.0334. The SMILES string of the molecule is CC(O)c1cccc(NCc2c(Cl)cc(Cl)c(=O)n2CCc2ccc(C(=O)O)cc2)c1. The quantitative estimate of drug-likeness (QED) is 0.450. The van der Waals surface area contributed by atoms with E-state index in [2.05, 4.69) is 5.32 Å². The lowest BCUT2D eigenvalue weighted by molar-refractivity contribution is 0.0697. The number of aliphatic hydroxyl groups is 1. The van der Waals surface area contributed by atoms with Crippen LogP contribution in [-0.4, -0.2) is 20.7 Å². The smallest absolute Gasteiger partial charge is 0.335 e. The Morgan fingerprint density at radius 1 is 1.10 bits per heavy atom. The number of nitrogens with one attached hydrogen (secondary N) is 1. The summed E-state index contributed by atoms with van der Waals surface area (Å²) in [4.78, 5) is 23.7. The summed E-state index contributed by atoms with van der Waals surface area (Å²) in [6, 6.07) is 15.3. The third-order valence-corrected chi connectivity index (χ3v) is 5.56. The van der Waals surface area contributed by atoms with Crippen LogP contribution in [0.2, 0.25) is 10.0 Å². The van der Waals surface area contributed by atoms with E-state index in [4.69, 9.17) is 28.3 Å². The first-order valence-electron chi connectivity index (χ1n) is 9.68. The van der Waals surface area contributed by atoms with E-state index < -0.39 is 12.1 Å². The van der Waals surface area contributed by atoms with Gasteiger partial charge in [-0.3, -0.25) is 4.79 Å². The van der Waals surface area contributed by atoms with E-state index in [9.17, 15) is 14.7 Å². The van der Waals surface area contributed by atoms with Gasteiger partial charge in [0, 0.05) is 12.2 Å². The van der Waals surface area contributed by atoms with Crippen LogP contribution in [0.3, 0.4) is 0 Å². The number of nitrogens with zero attached hydrogens (tertiary/aromatic N) is 1. The molecule has 0 spiro atoms. The lowest BCUT2D eigenvalue weighted by atomic mass is 10.1. The third-order valence-electron chi connectivity index (χ3n) is 4.96. The van der Waals surface area contributed by atoms with Crippen molar-refractivity contribution in [3.63, 3.8) is 0 Å². The van der Waals surface area contributed by atoms with Gasteiger partial charge >= 0.3 is 5.97 Å². The van der Waals surface area contributed by atoms with Gasteiger partial charge < -0.3 is 20.1 Å². The second-order valence-corrected chi connectivity index (χ2v) is 7.97. The zero-order chi connectivity index (χ0) is 22.5. The average molecular weight is 461 g/mol. The van der Waals surface area contributed by atoms with Gasteiger partial charge in [0.25, 0.3) is 5.56 Å². The summed E-state index contributed by atoms with van der Waals surface area (Å²) < 4.78 is 1.53. The van der Waals surface area contributed by atoms with Crippen molar-refractivity contribution in [1.29, 1.82) is 0 Å². The van der Waals surface area contributed by atoms with Gasteiger partial charge in [0.1, 0.15) is 5.02 Å². The summed E-state index contributed by atoms with van der Waals surface area (Å²) in [5, 5.41) is 22.4. The maximum Gasteiger partial charge on any atom is 0.335 e. The fraction of sp³-hybridized carbons (Fsp3) is 0.217. The van der Waals surface area contributed by atoms with Gasteiger partial charge in [0.2, 0.25) is 0 Å². The number of carboxylic acid groups (broad SMARTS) is 1. The van der Waals surface area contributed by atoms with Crippen LogP contribution >= 0.6 is 23.2 Å². The number of aromatic carboxylic acids is 1. The Balaban J connectivity index is 1.82. The largest absolute Gasteiger partial charge is 0.478 e. The molecule has 1 heterocycles. The molecule has 0 aliphatic carbocycles. The predicted octanol–water partition coefficient (Wildman–Crippen LogP) is 4.76. The molecular formula is C23H22Cl2N2O4. The minimum Gasteiger partial charge on any atom is -0.478 e. The van der Waals surface area contributed by atoms with Crippen LogP contribution < -0.4 is 10.9 Å². The molecule has 0 saturated carbocycles. The van der Waals surface area contributed by atoms with E-state index in [0.29, 0.717) is 23.7 Å². The molecule has 31 heavy (non-hydrogen) atoms. The highest BCUT2D eigenvalue weighted by Crippen LogP contribution is 2.22. The number of carboxylic acids is 1. The van der Waals surface area contributed by atoms with E-state index in [0.717, 1.165) is 16.8 Å². The van der Waals surface area contributed by atoms with Crippen LogP contribution in [0.5, 0.6) is 0 Å². The topological polar surface area (TPSA) is 91.6 Å². The van der Waals surface area contributed by atoms with Gasteiger partial charge in [-0.2, -0.15) is 0 Å². The highest BCUT2D eigenvalue weighted by atomic mass is 35.5. The first-order chi connectivity index (χ1) is 14.8. The highest BCUT2D eigenvalue weighted by molar-refractivity contribution is 6.34. The summed E-state index contributed by atoms with van der Waals surface area (Å²) in [6.07, 6.45) is -0.0902. The number of aliphatic hydroxyl groups excluding tert-OH is 1. The normalized spacial score (nSPS) is 11.9. The molecule has 0 aliphatic heterocycles. The van der Waals surface area contributed by atoms with E-state index in [1.54, 1.807) is 19.1 Å². The number of hydrogen-bond donors (Lipinski definition) is 3. The lowest BCUT2D eigenvalue weighted by Crippen LogP contribution is -2.26. The molecule has 1 aromatic heterocycles. The van der Waals surface area contributed by atoms with Gasteiger partial charge in [-0.25, -0.2) is 4.79 Å². The number of aryl methyl sites for hydroxylation is 1. The predicted molar refractivity (Wildman–Crippen MR) is 122 cm³/mol. The molecule has 1 unspecified atom stereocenters. The summed E-state index contributed by atoms with van der Waals surface area (Å²) in [7, 11) is 0. The van der Waals surface area contributed by atoms with Crippen LogP contribution in [-0.2, 0) is 19.5 Å². The second-order valence-electron chi connectivity index (χ2n) is 7.15.